The first-order chi connectivity index (χ1) is 54.8. The summed E-state index contributed by atoms with van der Waals surface area (Å²) in [5, 5.41) is 185. The van der Waals surface area contributed by atoms with E-state index in [-0.39, 0.29) is 0 Å². The topological polar surface area (TPSA) is 714 Å². The maximum atomic E-state index is 13.2. The van der Waals surface area contributed by atoms with E-state index in [1.54, 1.807) is 0 Å². The van der Waals surface area contributed by atoms with Crippen LogP contribution in [0.3, 0.4) is 0 Å². The number of aliphatic hydroxyl groups excluding tert-OH is 15. The average molecular weight is 1690 g/mol. The smallest absolute Gasteiger partial charge is 0.303 e. The predicted molar refractivity (Wildman–Crippen MR) is 350 cm³/mol. The molecule has 664 valence electrons. The standard InChI is InChI=1S/C66H101NO49/c1-18(75)67-33-34(83)42(26(11-68)102-59(33)110-44-29(14-71)106-63(38(87)51(44)97-21(4)78)113-46-30(15-72)107-64(39(88)53(46)99-23(6)80)111-45-28(13-70)103-60(94-10)35(84)50(45)96-20(3)77)109-61-37(86)52(98-22(5)79)48(32(17-74)105-61)114-66-41(90)55(101-25(8)82)56(57(116-66)58(91)92)115-65-40(89)54(100-24(7)81)47(31(16-73)108-65)112-62-36(85)49(95-19(2)76)43(93-9)27(12-69)104-62/h26-57,59-66,68-74,83-90H,11-17H2,1-10H3,(H,67,75)(H,91,92)/p-1. The average Bonchev–Trinajstić information content (AvgIpc) is 0.763. The Morgan fingerprint density at radius 3 is 0.724 bits per heavy atom. The summed E-state index contributed by atoms with van der Waals surface area (Å²) in [6, 6.07) is -1.97. The Hall–Kier alpha value is -6.05. The van der Waals surface area contributed by atoms with Gasteiger partial charge in [0, 0.05) is 69.6 Å². The van der Waals surface area contributed by atoms with E-state index < -0.39 is 345 Å². The molecular formula is C66H100NO49-. The van der Waals surface area contributed by atoms with E-state index in [4.69, 9.17) is 114 Å². The van der Waals surface area contributed by atoms with Crippen molar-refractivity contribution in [3.63, 3.8) is 0 Å². The molecular weight excluding hydrogens is 1590 g/mol. The van der Waals surface area contributed by atoms with Crippen molar-refractivity contribution in [2.24, 2.45) is 0 Å². The molecule has 40 atom stereocenters. The van der Waals surface area contributed by atoms with Gasteiger partial charge in [0.05, 0.1) is 52.2 Å². The molecule has 8 aliphatic rings. The molecule has 8 rings (SSSR count). The molecule has 0 radical (unpaired) electrons. The van der Waals surface area contributed by atoms with E-state index in [0.717, 1.165) is 69.6 Å². The number of carbonyl (C=O) groups is 9. The zero-order valence-electron chi connectivity index (χ0n) is 63.6. The zero-order valence-corrected chi connectivity index (χ0v) is 63.6. The van der Waals surface area contributed by atoms with E-state index >= 15 is 0 Å². The van der Waals surface area contributed by atoms with Crippen LogP contribution in [-0.4, -0.2) is 436 Å². The summed E-state index contributed by atoms with van der Waals surface area (Å²) in [6.07, 6.45) is -79.5. The third-order valence-corrected chi connectivity index (χ3v) is 19.4. The molecule has 0 saturated carbocycles. The van der Waals surface area contributed by atoms with Crippen molar-refractivity contribution in [3.8, 4) is 0 Å². The van der Waals surface area contributed by atoms with Gasteiger partial charge >= 0.3 is 41.8 Å². The number of hydrogen-bond acceptors (Lipinski definition) is 49. The van der Waals surface area contributed by atoms with Gasteiger partial charge in [-0.3, -0.25) is 38.4 Å². The van der Waals surface area contributed by atoms with Crippen LogP contribution in [0.1, 0.15) is 55.4 Å². The molecule has 0 aromatic rings. The molecule has 1 amide bonds. The van der Waals surface area contributed by atoms with Gasteiger partial charge in [-0.05, 0) is 0 Å². The first kappa shape index (κ1) is 95.4. The Morgan fingerprint density at radius 2 is 0.474 bits per heavy atom. The summed E-state index contributed by atoms with van der Waals surface area (Å²) in [5.74, 6) is -11.1. The van der Waals surface area contributed by atoms with Crippen LogP contribution in [-0.2, 0) is 157 Å². The fourth-order valence-electron chi connectivity index (χ4n) is 14.5. The summed E-state index contributed by atoms with van der Waals surface area (Å²) in [6.45, 7) is -0.583. The summed E-state index contributed by atoms with van der Waals surface area (Å²) < 4.78 is 137. The summed E-state index contributed by atoms with van der Waals surface area (Å²) >= 11 is 0. The van der Waals surface area contributed by atoms with Gasteiger partial charge in [-0.2, -0.15) is 0 Å². The van der Waals surface area contributed by atoms with Crippen molar-refractivity contribution < 1.29 is 239 Å². The lowest BCUT2D eigenvalue weighted by Crippen LogP contribution is -2.71. The van der Waals surface area contributed by atoms with Crippen LogP contribution in [0.25, 0.3) is 0 Å². The van der Waals surface area contributed by atoms with Gasteiger partial charge in [0.25, 0.3) is 0 Å². The number of aliphatic carboxylic acids is 1. The number of carbonyl (C=O) groups excluding carboxylic acids is 9. The summed E-state index contributed by atoms with van der Waals surface area (Å²) in [5.41, 5.74) is 0. The van der Waals surface area contributed by atoms with Crippen LogP contribution < -0.4 is 10.4 Å². The van der Waals surface area contributed by atoms with Gasteiger partial charge < -0.3 is 206 Å². The molecule has 8 aliphatic heterocycles. The number of nitrogens with one attached hydrogen (secondary N) is 1. The van der Waals surface area contributed by atoms with Crippen molar-refractivity contribution in [3.05, 3.63) is 0 Å². The molecule has 0 bridgehead atoms. The normalized spacial score (nSPS) is 43.3. The van der Waals surface area contributed by atoms with E-state index in [0.29, 0.717) is 0 Å². The van der Waals surface area contributed by atoms with E-state index in [9.17, 15) is 125 Å². The highest BCUT2D eigenvalue weighted by molar-refractivity contribution is 5.73. The van der Waals surface area contributed by atoms with Gasteiger partial charge in [0.2, 0.25) is 5.91 Å². The Labute approximate surface area is 657 Å². The molecule has 8 fully saturated rings. The quantitative estimate of drug-likeness (QED) is 0.0220. The molecule has 0 aromatic heterocycles. The first-order valence-corrected chi connectivity index (χ1v) is 36.1. The second-order valence-corrected chi connectivity index (χ2v) is 27.6. The fraction of sp³-hybridized carbons (Fsp3) is 0.864. The van der Waals surface area contributed by atoms with Crippen LogP contribution in [0.5, 0.6) is 0 Å². The van der Waals surface area contributed by atoms with E-state index in [1.165, 1.54) is 0 Å². The minimum atomic E-state index is -2.66. The number of hydrogen-bond donors (Lipinski definition) is 16. The molecule has 0 aromatic carbocycles. The fourth-order valence-corrected chi connectivity index (χ4v) is 14.5. The lowest BCUT2D eigenvalue weighted by Gasteiger charge is -2.51. The van der Waals surface area contributed by atoms with Crippen LogP contribution in [0.2, 0.25) is 0 Å². The van der Waals surface area contributed by atoms with E-state index in [1.807, 2.05) is 0 Å². The number of carboxylic acids is 1. The van der Waals surface area contributed by atoms with Crippen LogP contribution in [0.4, 0.5) is 0 Å². The minimum Gasteiger partial charge on any atom is -0.547 e. The Bertz CT molecular complexity index is 3250. The number of rotatable bonds is 32. The second kappa shape index (κ2) is 42.4. The van der Waals surface area contributed by atoms with E-state index in [2.05, 4.69) is 5.32 Å². The number of esters is 7. The lowest BCUT2D eigenvalue weighted by atomic mass is 9.94. The number of amides is 1. The maximum absolute atomic E-state index is 13.2. The van der Waals surface area contributed by atoms with Gasteiger partial charge in [-0.15, -0.1) is 0 Å². The largest absolute Gasteiger partial charge is 0.547 e. The SMILES string of the molecule is COC1OC(CO)C(OC2OC(CO)C(OC3OC(CO)C(OC4OC(CO)C(OC5OC(CO)C(OC6OC(C(=O)[O-])C(OC7OC(CO)C(OC8OC(CO)C(OC)C(OC(C)=O)C8O)C(OC(C)=O)C7O)C(OC(C)=O)C6O)C(OC(C)=O)C5O)C(O)C4NC(C)=O)C(OC(C)=O)C3O)C(OC(C)=O)C2O)C(OC(C)=O)C1O. The molecule has 50 heteroatoms. The highest BCUT2D eigenvalue weighted by Gasteiger charge is 2.63. The van der Waals surface area contributed by atoms with Crippen molar-refractivity contribution in [2.45, 2.75) is 301 Å². The Kier molecular flexibility index (Phi) is 34.9. The van der Waals surface area contributed by atoms with Crippen molar-refractivity contribution in [1.82, 2.24) is 5.32 Å². The maximum Gasteiger partial charge on any atom is 0.303 e. The van der Waals surface area contributed by atoms with Crippen LogP contribution >= 0.6 is 0 Å². The summed E-state index contributed by atoms with van der Waals surface area (Å²) in [7, 11) is 2.27. The molecule has 116 heavy (non-hydrogen) atoms. The minimum absolute atomic E-state index is 0.766. The molecule has 40 unspecified atom stereocenters. The van der Waals surface area contributed by atoms with Crippen molar-refractivity contribution in [1.29, 1.82) is 0 Å². The van der Waals surface area contributed by atoms with Crippen LogP contribution in [0, 0.1) is 0 Å². The zero-order chi connectivity index (χ0) is 85.9. The molecule has 0 aliphatic carbocycles. The van der Waals surface area contributed by atoms with Crippen molar-refractivity contribution >= 4 is 53.7 Å². The predicted octanol–water partition coefficient (Wildman–Crippen LogP) is -14.2. The third kappa shape index (κ3) is 22.2. The number of aliphatic hydroxyl groups is 15. The monoisotopic (exact) mass is 1690 g/mol. The molecule has 50 nitrogen and oxygen atoms in total. The van der Waals surface area contributed by atoms with Crippen LogP contribution in [0.15, 0.2) is 0 Å². The number of methoxy groups -OCH3 is 2. The number of carboxylic acid groups (broad SMARTS) is 1. The highest BCUT2D eigenvalue weighted by atomic mass is 16.8. The van der Waals surface area contributed by atoms with Gasteiger partial charge in [0.15, 0.2) is 93.0 Å². The molecule has 0 spiro atoms. The number of ether oxygens (including phenoxy) is 24. The highest BCUT2D eigenvalue weighted by Crippen LogP contribution is 2.42. The third-order valence-electron chi connectivity index (χ3n) is 19.4. The van der Waals surface area contributed by atoms with Crippen molar-refractivity contribution in [2.75, 3.05) is 60.5 Å². The Morgan fingerprint density at radius 1 is 0.267 bits per heavy atom. The first-order valence-electron chi connectivity index (χ1n) is 36.1. The second-order valence-electron chi connectivity index (χ2n) is 27.6. The summed E-state index contributed by atoms with van der Waals surface area (Å²) in [4.78, 5) is 115. The molecule has 8 heterocycles. The van der Waals surface area contributed by atoms with Gasteiger partial charge in [0.1, 0.15) is 153 Å². The lowest BCUT2D eigenvalue weighted by molar-refractivity contribution is -0.399. The van der Waals surface area contributed by atoms with Gasteiger partial charge in [-0.25, -0.2) is 0 Å². The molecule has 8 saturated heterocycles. The van der Waals surface area contributed by atoms with Gasteiger partial charge in [-0.1, -0.05) is 0 Å². The molecule has 16 N–H and O–H groups in total. The Balaban J connectivity index is 1.00.